The van der Waals surface area contributed by atoms with E-state index in [-0.39, 0.29) is 11.8 Å². The van der Waals surface area contributed by atoms with E-state index in [1.807, 2.05) is 6.20 Å². The second kappa shape index (κ2) is 4.22. The molecule has 2 unspecified atom stereocenters. The normalized spacial score (nSPS) is 31.1. The number of rotatable bonds is 1. The van der Waals surface area contributed by atoms with Gasteiger partial charge in [0, 0.05) is 11.1 Å². The van der Waals surface area contributed by atoms with Crippen molar-refractivity contribution in [1.82, 2.24) is 5.32 Å². The molecule has 2 rings (SSSR count). The van der Waals surface area contributed by atoms with Crippen LogP contribution in [0.3, 0.4) is 0 Å². The van der Waals surface area contributed by atoms with Gasteiger partial charge in [0.1, 0.15) is 0 Å². The fourth-order valence-electron chi connectivity index (χ4n) is 1.93. The molecule has 1 N–H and O–H groups in total. The summed E-state index contributed by atoms with van der Waals surface area (Å²) in [5.74, 6) is 0.889. The molecule has 2 nitrogen and oxygen atoms in total. The minimum atomic E-state index is 0.0358. The average molecular weight is 209 g/mol. The first-order chi connectivity index (χ1) is 6.77. The summed E-state index contributed by atoms with van der Waals surface area (Å²) in [5.41, 5.74) is 0. The number of carbonyl (C=O) groups is 1. The molecule has 0 spiro atoms. The molecule has 3 heteroatoms. The van der Waals surface area contributed by atoms with Gasteiger partial charge in [-0.05, 0) is 37.5 Å². The van der Waals surface area contributed by atoms with Gasteiger partial charge in [0.05, 0.1) is 6.04 Å². The van der Waals surface area contributed by atoms with Crippen molar-refractivity contribution in [3.8, 4) is 0 Å². The molecule has 2 aliphatic rings. The molecule has 2 heterocycles. The van der Waals surface area contributed by atoms with Crippen molar-refractivity contribution in [2.45, 2.75) is 32.2 Å². The van der Waals surface area contributed by atoms with Crippen molar-refractivity contribution >= 4 is 17.5 Å². The number of ketones is 1. The minimum absolute atomic E-state index is 0.0358. The lowest BCUT2D eigenvalue weighted by atomic mass is 9.96. The zero-order valence-electron chi connectivity index (χ0n) is 8.32. The molecule has 0 radical (unpaired) electrons. The predicted molar refractivity (Wildman–Crippen MR) is 59.8 cm³/mol. The number of Topliss-reactive ketones (excluding diaryl/α,β-unsaturated/α-hetero) is 1. The molecule has 0 saturated carbocycles. The number of hydrogen-bond acceptors (Lipinski definition) is 3. The van der Waals surface area contributed by atoms with Crippen molar-refractivity contribution in [1.29, 1.82) is 0 Å². The maximum atomic E-state index is 11.2. The standard InChI is InChI=1S/C11H15NOS/c1-8(13)10-5-4-9-3-2-6-14-11(9)7-12-10/h2,6-7,9-10,12H,3-5H2,1H3. The second-order valence-electron chi connectivity index (χ2n) is 3.88. The van der Waals surface area contributed by atoms with Crippen LogP contribution >= 0.6 is 11.8 Å². The number of hydrogen-bond donors (Lipinski definition) is 1. The van der Waals surface area contributed by atoms with Gasteiger partial charge in [-0.1, -0.05) is 6.08 Å². The van der Waals surface area contributed by atoms with Crippen LogP contribution in [0.25, 0.3) is 0 Å². The molecule has 14 heavy (non-hydrogen) atoms. The van der Waals surface area contributed by atoms with Gasteiger partial charge in [-0.15, -0.1) is 11.8 Å². The van der Waals surface area contributed by atoms with Gasteiger partial charge in [-0.3, -0.25) is 4.79 Å². The summed E-state index contributed by atoms with van der Waals surface area (Å²) in [5, 5.41) is 5.35. The molecule has 0 aromatic heterocycles. The van der Waals surface area contributed by atoms with Crippen LogP contribution in [-0.2, 0) is 4.79 Å². The largest absolute Gasteiger partial charge is 0.381 e. The average Bonchev–Trinajstić information content (AvgIpc) is 2.39. The van der Waals surface area contributed by atoms with Crippen LogP contribution in [0.1, 0.15) is 26.2 Å². The smallest absolute Gasteiger partial charge is 0.151 e. The summed E-state index contributed by atoms with van der Waals surface area (Å²) in [6.07, 6.45) is 7.48. The summed E-state index contributed by atoms with van der Waals surface area (Å²) in [4.78, 5) is 12.6. The van der Waals surface area contributed by atoms with E-state index in [1.54, 1.807) is 18.7 Å². The monoisotopic (exact) mass is 209 g/mol. The lowest BCUT2D eigenvalue weighted by molar-refractivity contribution is -0.118. The van der Waals surface area contributed by atoms with Crippen LogP contribution in [0, 0.1) is 5.92 Å². The Bertz CT molecular complexity index is 296. The highest BCUT2D eigenvalue weighted by atomic mass is 32.2. The molecule has 0 amide bonds. The summed E-state index contributed by atoms with van der Waals surface area (Å²) in [6, 6.07) is 0.0358. The van der Waals surface area contributed by atoms with E-state index >= 15 is 0 Å². The van der Waals surface area contributed by atoms with E-state index in [0.717, 1.165) is 19.3 Å². The lowest BCUT2D eigenvalue weighted by Crippen LogP contribution is -2.30. The van der Waals surface area contributed by atoms with Crippen molar-refractivity contribution < 1.29 is 4.79 Å². The van der Waals surface area contributed by atoms with Gasteiger partial charge >= 0.3 is 0 Å². The van der Waals surface area contributed by atoms with Crippen molar-refractivity contribution in [2.24, 2.45) is 5.92 Å². The Kier molecular flexibility index (Phi) is 2.96. The van der Waals surface area contributed by atoms with Gasteiger partial charge < -0.3 is 5.32 Å². The molecule has 0 bridgehead atoms. The molecule has 76 valence electrons. The molecular weight excluding hydrogens is 194 g/mol. The summed E-state index contributed by atoms with van der Waals surface area (Å²) >= 11 is 1.78. The van der Waals surface area contributed by atoms with E-state index < -0.39 is 0 Å². The molecule has 2 aliphatic heterocycles. The molecule has 0 saturated heterocycles. The van der Waals surface area contributed by atoms with Crippen LogP contribution < -0.4 is 5.32 Å². The molecule has 0 aromatic carbocycles. The van der Waals surface area contributed by atoms with E-state index in [9.17, 15) is 4.79 Å². The summed E-state index contributed by atoms with van der Waals surface area (Å²) in [7, 11) is 0. The van der Waals surface area contributed by atoms with E-state index in [1.165, 1.54) is 4.91 Å². The van der Waals surface area contributed by atoms with Gasteiger partial charge in [0.15, 0.2) is 5.78 Å². The first-order valence-corrected chi connectivity index (χ1v) is 5.93. The first-order valence-electron chi connectivity index (χ1n) is 5.05. The Morgan fingerprint density at radius 3 is 3.21 bits per heavy atom. The fraction of sp³-hybridized carbons (Fsp3) is 0.545. The highest BCUT2D eigenvalue weighted by molar-refractivity contribution is 8.05. The first kappa shape index (κ1) is 9.84. The number of fused-ring (bicyclic) bond motifs is 1. The third-order valence-corrected chi connectivity index (χ3v) is 3.90. The molecule has 2 atom stereocenters. The van der Waals surface area contributed by atoms with E-state index in [4.69, 9.17) is 0 Å². The molecular formula is C11H15NOS. The molecule has 0 fully saturated rings. The Labute approximate surface area is 88.8 Å². The van der Waals surface area contributed by atoms with Gasteiger partial charge in [0.25, 0.3) is 0 Å². The highest BCUT2D eigenvalue weighted by Gasteiger charge is 2.23. The highest BCUT2D eigenvalue weighted by Crippen LogP contribution is 2.36. The summed E-state index contributed by atoms with van der Waals surface area (Å²) < 4.78 is 0. The minimum Gasteiger partial charge on any atom is -0.381 e. The predicted octanol–water partition coefficient (Wildman–Crippen LogP) is 2.44. The van der Waals surface area contributed by atoms with Crippen LogP contribution in [0.5, 0.6) is 0 Å². The van der Waals surface area contributed by atoms with Gasteiger partial charge in [-0.25, -0.2) is 0 Å². The second-order valence-corrected chi connectivity index (χ2v) is 4.86. The lowest BCUT2D eigenvalue weighted by Gasteiger charge is -2.18. The number of allylic oxidation sites excluding steroid dienone is 2. The Morgan fingerprint density at radius 2 is 2.43 bits per heavy atom. The maximum Gasteiger partial charge on any atom is 0.151 e. The van der Waals surface area contributed by atoms with Gasteiger partial charge in [-0.2, -0.15) is 0 Å². The fourth-order valence-corrected chi connectivity index (χ4v) is 2.83. The van der Waals surface area contributed by atoms with Crippen LogP contribution in [0.2, 0.25) is 0 Å². The number of nitrogens with one attached hydrogen (secondary N) is 1. The SMILES string of the molecule is CC(=O)C1CCC2CC=CSC2=CN1. The van der Waals surface area contributed by atoms with E-state index in [2.05, 4.69) is 16.8 Å². The van der Waals surface area contributed by atoms with Gasteiger partial charge in [0.2, 0.25) is 0 Å². The third kappa shape index (κ3) is 2.03. The van der Waals surface area contributed by atoms with Crippen LogP contribution in [0.15, 0.2) is 22.6 Å². The summed E-state index contributed by atoms with van der Waals surface area (Å²) in [6.45, 7) is 1.66. The van der Waals surface area contributed by atoms with Crippen molar-refractivity contribution in [2.75, 3.05) is 0 Å². The Hall–Kier alpha value is -0.700. The Balaban J connectivity index is 2.08. The zero-order chi connectivity index (χ0) is 9.97. The molecule has 0 aliphatic carbocycles. The van der Waals surface area contributed by atoms with Crippen molar-refractivity contribution in [3.05, 3.63) is 22.6 Å². The molecule has 0 aromatic rings. The third-order valence-electron chi connectivity index (χ3n) is 2.84. The van der Waals surface area contributed by atoms with E-state index in [0.29, 0.717) is 5.92 Å². The maximum absolute atomic E-state index is 11.2. The number of carbonyl (C=O) groups excluding carboxylic acids is 1. The quantitative estimate of drug-likeness (QED) is 0.719. The zero-order valence-corrected chi connectivity index (χ0v) is 9.14. The van der Waals surface area contributed by atoms with Crippen LogP contribution in [-0.4, -0.2) is 11.8 Å². The topological polar surface area (TPSA) is 29.1 Å². The number of thioether (sulfide) groups is 1. The van der Waals surface area contributed by atoms with Crippen LogP contribution in [0.4, 0.5) is 0 Å². The van der Waals surface area contributed by atoms with Crippen molar-refractivity contribution in [3.63, 3.8) is 0 Å². The Morgan fingerprint density at radius 1 is 1.57 bits per heavy atom.